The highest BCUT2D eigenvalue weighted by Gasteiger charge is 2.12. The molecule has 1 amide bonds. The van der Waals surface area contributed by atoms with Crippen LogP contribution in [-0.4, -0.2) is 45.8 Å². The van der Waals surface area contributed by atoms with Gasteiger partial charge in [0.05, 0.1) is 12.0 Å². The molecule has 0 bridgehead atoms. The van der Waals surface area contributed by atoms with Crippen molar-refractivity contribution in [2.24, 2.45) is 0 Å². The second-order valence-corrected chi connectivity index (χ2v) is 6.35. The fraction of sp³-hybridized carbons (Fsp3) is 0.235. The molecule has 0 fully saturated rings. The smallest absolute Gasteiger partial charge is 0.330 e. The molecule has 0 radical (unpaired) electrons. The van der Waals surface area contributed by atoms with Crippen LogP contribution >= 0.6 is 11.3 Å². The van der Waals surface area contributed by atoms with Crippen molar-refractivity contribution in [3.05, 3.63) is 47.3 Å². The first-order valence-corrected chi connectivity index (χ1v) is 8.89. The minimum atomic E-state index is -0.621. The van der Waals surface area contributed by atoms with Crippen LogP contribution in [0.3, 0.4) is 0 Å². The molecule has 1 aromatic carbocycles. The van der Waals surface area contributed by atoms with E-state index in [0.717, 1.165) is 21.0 Å². The number of benzene rings is 1. The highest BCUT2D eigenvalue weighted by atomic mass is 32.1. The molecule has 3 rings (SSSR count). The third kappa shape index (κ3) is 5.35. The van der Waals surface area contributed by atoms with Gasteiger partial charge in [0, 0.05) is 6.54 Å². The molecule has 9 nitrogen and oxygen atoms in total. The van der Waals surface area contributed by atoms with Gasteiger partial charge in [-0.3, -0.25) is 4.79 Å². The molecule has 140 valence electrons. The Labute approximate surface area is 158 Å². The van der Waals surface area contributed by atoms with E-state index in [1.807, 2.05) is 29.6 Å². The van der Waals surface area contributed by atoms with Gasteiger partial charge in [-0.05, 0) is 34.4 Å². The first kappa shape index (κ1) is 18.5. The minimum absolute atomic E-state index is 0.218. The summed E-state index contributed by atoms with van der Waals surface area (Å²) in [5, 5.41) is 16.4. The lowest BCUT2D eigenvalue weighted by Crippen LogP contribution is -2.29. The van der Waals surface area contributed by atoms with Crippen molar-refractivity contribution in [2.75, 3.05) is 13.7 Å². The van der Waals surface area contributed by atoms with Crippen molar-refractivity contribution in [1.82, 2.24) is 25.5 Å². The number of esters is 1. The topological polar surface area (TPSA) is 108 Å². The van der Waals surface area contributed by atoms with Gasteiger partial charge in [0.2, 0.25) is 5.82 Å². The standard InChI is InChI=1S/C17H17N5O4S/c1-25-13-6-4-12(5-7-13)9-18-15(23)11-26-16(24)10-22-20-17(19-21-22)14-3-2-8-27-14/h2-8H,9-11H2,1H3,(H,18,23). The van der Waals surface area contributed by atoms with Gasteiger partial charge in [-0.15, -0.1) is 21.5 Å². The number of hydrogen-bond acceptors (Lipinski definition) is 8. The molecular weight excluding hydrogens is 370 g/mol. The van der Waals surface area contributed by atoms with E-state index in [1.165, 1.54) is 11.3 Å². The van der Waals surface area contributed by atoms with E-state index in [1.54, 1.807) is 19.2 Å². The lowest BCUT2D eigenvalue weighted by atomic mass is 10.2. The number of hydrogen-bond donors (Lipinski definition) is 1. The summed E-state index contributed by atoms with van der Waals surface area (Å²) in [5.41, 5.74) is 0.906. The Morgan fingerprint density at radius 3 is 2.74 bits per heavy atom. The number of rotatable bonds is 8. The molecule has 0 unspecified atom stereocenters. The molecular formula is C17H17N5O4S. The fourth-order valence-electron chi connectivity index (χ4n) is 2.12. The SMILES string of the molecule is COc1ccc(CNC(=O)COC(=O)Cn2nnc(-c3cccs3)n2)cc1. The number of nitrogens with one attached hydrogen (secondary N) is 1. The lowest BCUT2D eigenvalue weighted by molar-refractivity contribution is -0.149. The Morgan fingerprint density at radius 1 is 1.22 bits per heavy atom. The zero-order valence-corrected chi connectivity index (χ0v) is 15.3. The molecule has 0 saturated carbocycles. The Hall–Kier alpha value is -3.27. The van der Waals surface area contributed by atoms with E-state index in [-0.39, 0.29) is 13.2 Å². The Bertz CT molecular complexity index is 892. The van der Waals surface area contributed by atoms with Crippen molar-refractivity contribution >= 4 is 23.2 Å². The number of carbonyl (C=O) groups excluding carboxylic acids is 2. The van der Waals surface area contributed by atoms with Crippen molar-refractivity contribution in [2.45, 2.75) is 13.1 Å². The van der Waals surface area contributed by atoms with Gasteiger partial charge >= 0.3 is 5.97 Å². The van der Waals surface area contributed by atoms with Crippen LogP contribution in [0.1, 0.15) is 5.56 Å². The number of carbonyl (C=O) groups is 2. The zero-order chi connectivity index (χ0) is 19.1. The summed E-state index contributed by atoms with van der Waals surface area (Å²) >= 11 is 1.47. The Morgan fingerprint density at radius 2 is 2.04 bits per heavy atom. The van der Waals surface area contributed by atoms with Crippen LogP contribution in [0.2, 0.25) is 0 Å². The largest absolute Gasteiger partial charge is 0.497 e. The van der Waals surface area contributed by atoms with Gasteiger partial charge in [-0.1, -0.05) is 18.2 Å². The van der Waals surface area contributed by atoms with E-state index in [9.17, 15) is 9.59 Å². The Kier molecular flexibility index (Phi) is 6.10. The van der Waals surface area contributed by atoms with Crippen LogP contribution in [-0.2, 0) is 27.4 Å². The summed E-state index contributed by atoms with van der Waals surface area (Å²) in [6.45, 7) is -0.263. The molecule has 27 heavy (non-hydrogen) atoms. The quantitative estimate of drug-likeness (QED) is 0.580. The van der Waals surface area contributed by atoms with Crippen molar-refractivity contribution in [1.29, 1.82) is 0 Å². The normalized spacial score (nSPS) is 10.4. The van der Waals surface area contributed by atoms with Crippen molar-refractivity contribution in [3.8, 4) is 16.5 Å². The van der Waals surface area contributed by atoms with E-state index in [0.29, 0.717) is 12.4 Å². The number of amides is 1. The monoisotopic (exact) mass is 387 g/mol. The van der Waals surface area contributed by atoms with E-state index < -0.39 is 11.9 Å². The predicted molar refractivity (Wildman–Crippen MR) is 96.9 cm³/mol. The van der Waals surface area contributed by atoms with Crippen LogP contribution < -0.4 is 10.1 Å². The van der Waals surface area contributed by atoms with Gasteiger partial charge in [0.15, 0.2) is 13.2 Å². The number of ether oxygens (including phenoxy) is 2. The van der Waals surface area contributed by atoms with E-state index in [2.05, 4.69) is 20.7 Å². The first-order valence-electron chi connectivity index (χ1n) is 8.01. The highest BCUT2D eigenvalue weighted by Crippen LogP contribution is 2.19. The maximum atomic E-state index is 11.8. The van der Waals surface area contributed by atoms with Crippen LogP contribution in [0.25, 0.3) is 10.7 Å². The van der Waals surface area contributed by atoms with Crippen LogP contribution in [0.15, 0.2) is 41.8 Å². The minimum Gasteiger partial charge on any atom is -0.497 e. The second-order valence-electron chi connectivity index (χ2n) is 5.41. The van der Waals surface area contributed by atoms with Crippen molar-refractivity contribution < 1.29 is 19.1 Å². The zero-order valence-electron chi connectivity index (χ0n) is 14.5. The molecule has 2 heterocycles. The molecule has 0 aliphatic rings. The number of methoxy groups -OCH3 is 1. The third-order valence-corrected chi connectivity index (χ3v) is 4.34. The maximum absolute atomic E-state index is 11.8. The van der Waals surface area contributed by atoms with Crippen LogP contribution in [0.5, 0.6) is 5.75 Å². The number of tetrazole rings is 1. The highest BCUT2D eigenvalue weighted by molar-refractivity contribution is 7.13. The summed E-state index contributed by atoms with van der Waals surface area (Å²) in [4.78, 5) is 25.6. The summed E-state index contributed by atoms with van der Waals surface area (Å²) in [6.07, 6.45) is 0. The molecule has 3 aromatic rings. The third-order valence-electron chi connectivity index (χ3n) is 3.48. The first-order chi connectivity index (χ1) is 13.1. The molecule has 10 heteroatoms. The molecule has 0 aliphatic heterocycles. The average molecular weight is 387 g/mol. The molecule has 1 N–H and O–H groups in total. The molecule has 0 saturated heterocycles. The predicted octanol–water partition coefficient (Wildman–Crippen LogP) is 1.27. The molecule has 0 atom stereocenters. The van der Waals surface area contributed by atoms with E-state index in [4.69, 9.17) is 9.47 Å². The maximum Gasteiger partial charge on any atom is 0.330 e. The fourth-order valence-corrected chi connectivity index (χ4v) is 2.76. The average Bonchev–Trinajstić information content (AvgIpc) is 3.37. The Balaban J connectivity index is 1.40. The van der Waals surface area contributed by atoms with Gasteiger partial charge < -0.3 is 14.8 Å². The summed E-state index contributed by atoms with van der Waals surface area (Å²) in [6, 6.07) is 11.0. The van der Waals surface area contributed by atoms with Crippen molar-refractivity contribution in [3.63, 3.8) is 0 Å². The van der Waals surface area contributed by atoms with Gasteiger partial charge in [0.1, 0.15) is 5.75 Å². The number of thiophene rings is 1. The number of nitrogens with zero attached hydrogens (tertiary/aromatic N) is 4. The summed E-state index contributed by atoms with van der Waals surface area (Å²) in [5.74, 6) is 0.160. The van der Waals surface area contributed by atoms with Gasteiger partial charge in [-0.2, -0.15) is 4.80 Å². The molecule has 0 spiro atoms. The van der Waals surface area contributed by atoms with Crippen LogP contribution in [0.4, 0.5) is 0 Å². The van der Waals surface area contributed by atoms with Gasteiger partial charge in [-0.25, -0.2) is 4.79 Å². The number of aromatic nitrogens is 4. The lowest BCUT2D eigenvalue weighted by Gasteiger charge is -2.07. The summed E-state index contributed by atoms with van der Waals surface area (Å²) < 4.78 is 10.0. The van der Waals surface area contributed by atoms with E-state index >= 15 is 0 Å². The summed E-state index contributed by atoms with van der Waals surface area (Å²) in [7, 11) is 1.59. The molecule has 0 aliphatic carbocycles. The van der Waals surface area contributed by atoms with Crippen LogP contribution in [0, 0.1) is 0 Å². The van der Waals surface area contributed by atoms with Gasteiger partial charge in [0.25, 0.3) is 5.91 Å². The second kappa shape index (κ2) is 8.90. The molecule has 2 aromatic heterocycles.